The Bertz CT molecular complexity index is 600. The normalized spacial score (nSPS) is 12.4. The number of rotatable bonds is 6. The third kappa shape index (κ3) is 4.39. The molecule has 2 aromatic rings. The van der Waals surface area contributed by atoms with Gasteiger partial charge in [-0.3, -0.25) is 0 Å². The second-order valence-corrected chi connectivity index (χ2v) is 7.22. The number of nitrogens with two attached hydrogens (primary N) is 1. The summed E-state index contributed by atoms with van der Waals surface area (Å²) >= 11 is 3.02. The molecule has 0 saturated heterocycles. The van der Waals surface area contributed by atoms with E-state index < -0.39 is 0 Å². The van der Waals surface area contributed by atoms with E-state index >= 15 is 0 Å². The molecule has 0 amide bonds. The number of nitrogens with zero attached hydrogens (tertiary/aromatic N) is 3. The first-order valence-electron chi connectivity index (χ1n) is 6.72. The molecular formula is C14H19FN4S2. The van der Waals surface area contributed by atoms with Gasteiger partial charge < -0.3 is 10.6 Å². The minimum absolute atomic E-state index is 0.0397. The summed E-state index contributed by atoms with van der Waals surface area (Å²) in [5.41, 5.74) is 6.92. The number of aromatic nitrogens is 2. The van der Waals surface area contributed by atoms with Gasteiger partial charge in [-0.1, -0.05) is 30.0 Å². The van der Waals surface area contributed by atoms with Crippen LogP contribution in [0.3, 0.4) is 0 Å². The molecule has 1 aromatic carbocycles. The molecule has 0 aliphatic rings. The van der Waals surface area contributed by atoms with E-state index in [0.29, 0.717) is 6.42 Å². The lowest BCUT2D eigenvalue weighted by atomic mass is 10.0. The molecule has 21 heavy (non-hydrogen) atoms. The predicted molar refractivity (Wildman–Crippen MR) is 86.7 cm³/mol. The number of benzene rings is 1. The Kier molecular flexibility index (Phi) is 5.55. The van der Waals surface area contributed by atoms with Crippen LogP contribution in [-0.2, 0) is 6.42 Å². The van der Waals surface area contributed by atoms with E-state index in [-0.39, 0.29) is 11.9 Å². The molecule has 4 nitrogen and oxygen atoms in total. The van der Waals surface area contributed by atoms with Crippen molar-refractivity contribution in [3.05, 3.63) is 29.6 Å². The topological polar surface area (TPSA) is 55.0 Å². The molecule has 1 atom stereocenters. The molecule has 2 N–H and O–H groups in total. The van der Waals surface area contributed by atoms with Gasteiger partial charge in [-0.15, -0.1) is 10.2 Å². The fraction of sp³-hybridized carbons (Fsp3) is 0.429. The average molecular weight is 326 g/mol. The third-order valence-corrected chi connectivity index (χ3v) is 5.26. The number of hydrogen-bond donors (Lipinski definition) is 1. The van der Waals surface area contributed by atoms with Crippen molar-refractivity contribution in [1.29, 1.82) is 0 Å². The minimum Gasteiger partial charge on any atom is -0.353 e. The molecule has 0 spiro atoms. The Labute approximate surface area is 132 Å². The molecule has 1 unspecified atom stereocenters. The molecule has 0 radical (unpaired) electrons. The van der Waals surface area contributed by atoms with Gasteiger partial charge in [0.25, 0.3) is 0 Å². The first kappa shape index (κ1) is 16.2. The summed E-state index contributed by atoms with van der Waals surface area (Å²) in [5.74, 6) is -0.233. The number of hydrogen-bond acceptors (Lipinski definition) is 6. The van der Waals surface area contributed by atoms with Crippen LogP contribution in [0.25, 0.3) is 0 Å². The van der Waals surface area contributed by atoms with E-state index in [1.807, 2.05) is 25.9 Å². The first-order chi connectivity index (χ1) is 9.99. The van der Waals surface area contributed by atoms with Crippen LogP contribution in [0.1, 0.15) is 18.9 Å². The fourth-order valence-electron chi connectivity index (χ4n) is 1.75. The molecule has 1 aromatic heterocycles. The molecule has 0 bridgehead atoms. The summed E-state index contributed by atoms with van der Waals surface area (Å²) in [7, 11) is 3.86. The summed E-state index contributed by atoms with van der Waals surface area (Å²) in [6.07, 6.45) is 1.53. The van der Waals surface area contributed by atoms with Crippen molar-refractivity contribution < 1.29 is 4.39 Å². The Morgan fingerprint density at radius 3 is 2.76 bits per heavy atom. The Morgan fingerprint density at radius 2 is 2.14 bits per heavy atom. The summed E-state index contributed by atoms with van der Waals surface area (Å²) in [4.78, 5) is 2.90. The van der Waals surface area contributed by atoms with Crippen LogP contribution in [-0.4, -0.2) is 30.3 Å². The molecular weight excluding hydrogens is 307 g/mol. The largest absolute Gasteiger partial charge is 0.353 e. The van der Waals surface area contributed by atoms with Crippen molar-refractivity contribution in [2.24, 2.45) is 5.73 Å². The van der Waals surface area contributed by atoms with E-state index in [2.05, 4.69) is 10.2 Å². The summed E-state index contributed by atoms with van der Waals surface area (Å²) < 4.78 is 14.3. The maximum atomic E-state index is 13.5. The van der Waals surface area contributed by atoms with Crippen molar-refractivity contribution in [2.45, 2.75) is 35.0 Å². The summed E-state index contributed by atoms with van der Waals surface area (Å²) in [6, 6.07) is 4.86. The number of halogens is 1. The van der Waals surface area contributed by atoms with Gasteiger partial charge in [-0.25, -0.2) is 4.39 Å². The van der Waals surface area contributed by atoms with Crippen LogP contribution in [0, 0.1) is 5.82 Å². The molecule has 7 heteroatoms. The van der Waals surface area contributed by atoms with Crippen LogP contribution in [0.15, 0.2) is 27.4 Å². The third-order valence-electron chi connectivity index (χ3n) is 3.00. The first-order valence-corrected chi connectivity index (χ1v) is 8.35. The van der Waals surface area contributed by atoms with Gasteiger partial charge in [0, 0.05) is 25.0 Å². The highest BCUT2D eigenvalue weighted by Gasteiger charge is 2.13. The van der Waals surface area contributed by atoms with Crippen molar-refractivity contribution >= 4 is 28.2 Å². The van der Waals surface area contributed by atoms with Gasteiger partial charge in [0.15, 0.2) is 4.34 Å². The van der Waals surface area contributed by atoms with Crippen LogP contribution in [0.5, 0.6) is 0 Å². The average Bonchev–Trinajstić information content (AvgIpc) is 2.90. The second kappa shape index (κ2) is 7.20. The Morgan fingerprint density at radius 1 is 1.38 bits per heavy atom. The fourth-order valence-corrected chi connectivity index (χ4v) is 3.59. The molecule has 114 valence electrons. The van der Waals surface area contributed by atoms with E-state index in [1.54, 1.807) is 12.1 Å². The lowest BCUT2D eigenvalue weighted by Gasteiger charge is -2.12. The Hall–Kier alpha value is -1.18. The van der Waals surface area contributed by atoms with E-state index in [0.717, 1.165) is 26.4 Å². The molecule has 0 saturated carbocycles. The molecule has 0 fully saturated rings. The van der Waals surface area contributed by atoms with Gasteiger partial charge >= 0.3 is 0 Å². The van der Waals surface area contributed by atoms with Gasteiger partial charge in [0.1, 0.15) is 5.82 Å². The summed E-state index contributed by atoms with van der Waals surface area (Å²) in [5, 5.41) is 9.12. The zero-order chi connectivity index (χ0) is 15.4. The zero-order valence-electron chi connectivity index (χ0n) is 12.3. The van der Waals surface area contributed by atoms with Crippen LogP contribution in [0.4, 0.5) is 9.52 Å². The minimum atomic E-state index is -0.233. The highest BCUT2D eigenvalue weighted by Crippen LogP contribution is 2.35. The molecule has 0 aliphatic heterocycles. The quantitative estimate of drug-likeness (QED) is 0.883. The standard InChI is InChI=1S/C14H19FN4S2/c1-4-11(16)8-9-7-10(15)5-6-12(9)20-14-18-17-13(21-14)19(2)3/h5-7,11H,4,8,16H2,1-3H3. The van der Waals surface area contributed by atoms with Crippen LogP contribution < -0.4 is 10.6 Å². The lowest BCUT2D eigenvalue weighted by molar-refractivity contribution is 0.609. The van der Waals surface area contributed by atoms with Gasteiger partial charge in [0.2, 0.25) is 5.13 Å². The van der Waals surface area contributed by atoms with Crippen molar-refractivity contribution in [1.82, 2.24) is 10.2 Å². The monoisotopic (exact) mass is 326 g/mol. The summed E-state index contributed by atoms with van der Waals surface area (Å²) in [6.45, 7) is 2.03. The van der Waals surface area contributed by atoms with E-state index in [4.69, 9.17) is 5.73 Å². The van der Waals surface area contributed by atoms with Crippen LogP contribution >= 0.6 is 23.1 Å². The molecule has 2 rings (SSSR count). The SMILES string of the molecule is CCC(N)Cc1cc(F)ccc1Sc1nnc(N(C)C)s1. The lowest BCUT2D eigenvalue weighted by Crippen LogP contribution is -2.21. The Balaban J connectivity index is 2.21. The van der Waals surface area contributed by atoms with Crippen molar-refractivity contribution in [3.63, 3.8) is 0 Å². The maximum Gasteiger partial charge on any atom is 0.208 e. The van der Waals surface area contributed by atoms with Gasteiger partial charge in [-0.2, -0.15) is 0 Å². The van der Waals surface area contributed by atoms with E-state index in [9.17, 15) is 4.39 Å². The number of anilines is 1. The predicted octanol–water partition coefficient (Wildman–Crippen LogP) is 3.17. The zero-order valence-corrected chi connectivity index (χ0v) is 14.0. The highest BCUT2D eigenvalue weighted by atomic mass is 32.2. The second-order valence-electron chi connectivity index (χ2n) is 4.97. The molecule has 0 aliphatic carbocycles. The van der Waals surface area contributed by atoms with Gasteiger partial charge in [0.05, 0.1) is 0 Å². The van der Waals surface area contributed by atoms with Crippen molar-refractivity contribution in [2.75, 3.05) is 19.0 Å². The van der Waals surface area contributed by atoms with E-state index in [1.165, 1.54) is 29.2 Å². The smallest absolute Gasteiger partial charge is 0.208 e. The van der Waals surface area contributed by atoms with Crippen LogP contribution in [0.2, 0.25) is 0 Å². The van der Waals surface area contributed by atoms with Gasteiger partial charge in [-0.05, 0) is 36.6 Å². The maximum absolute atomic E-state index is 13.5. The highest BCUT2D eigenvalue weighted by molar-refractivity contribution is 8.01. The van der Waals surface area contributed by atoms with Crippen molar-refractivity contribution in [3.8, 4) is 0 Å². The molecule has 1 heterocycles.